The molecule has 1 atom stereocenters. The van der Waals surface area contributed by atoms with Crippen molar-refractivity contribution in [2.45, 2.75) is 39.2 Å². The number of ether oxygens (including phenoxy) is 1. The first-order valence-corrected chi connectivity index (χ1v) is 4.10. The molecule has 0 rings (SSSR count). The van der Waals surface area contributed by atoms with Crippen LogP contribution in [-0.4, -0.2) is 19.3 Å². The highest BCUT2D eigenvalue weighted by Crippen LogP contribution is 1.93. The molecule has 0 bridgehead atoms. The first-order valence-electron chi connectivity index (χ1n) is 4.10. The van der Waals surface area contributed by atoms with Crippen molar-refractivity contribution in [3.05, 3.63) is 0 Å². The van der Waals surface area contributed by atoms with Gasteiger partial charge in [0.05, 0.1) is 6.61 Å². The Morgan fingerprint density at radius 3 is 2.60 bits per heavy atom. The zero-order valence-electron chi connectivity index (χ0n) is 7.10. The van der Waals surface area contributed by atoms with E-state index in [1.807, 2.05) is 6.92 Å². The first-order chi connectivity index (χ1) is 4.77. The molecule has 0 aliphatic carbocycles. The maximum atomic E-state index is 5.48. The van der Waals surface area contributed by atoms with Crippen LogP contribution in [0.15, 0.2) is 0 Å². The van der Waals surface area contributed by atoms with Crippen LogP contribution >= 0.6 is 0 Å². The molecule has 2 heteroatoms. The molecule has 0 fully saturated rings. The first kappa shape index (κ1) is 9.92. The molecule has 0 radical (unpaired) electrons. The minimum atomic E-state index is 0.182. The van der Waals surface area contributed by atoms with Crippen LogP contribution in [0.5, 0.6) is 0 Å². The molecule has 0 spiro atoms. The molecule has 10 heavy (non-hydrogen) atoms. The summed E-state index contributed by atoms with van der Waals surface area (Å²) < 4.78 is 5.27. The lowest BCUT2D eigenvalue weighted by molar-refractivity contribution is 0.121. The van der Waals surface area contributed by atoms with Crippen LogP contribution in [0.25, 0.3) is 0 Å². The molecule has 0 aromatic carbocycles. The summed E-state index contributed by atoms with van der Waals surface area (Å²) in [5.41, 5.74) is 5.48. The molecule has 0 saturated carbocycles. The molecule has 0 unspecified atom stereocenters. The van der Waals surface area contributed by atoms with Gasteiger partial charge in [-0.15, -0.1) is 0 Å². The van der Waals surface area contributed by atoms with Crippen molar-refractivity contribution in [3.63, 3.8) is 0 Å². The van der Waals surface area contributed by atoms with E-state index < -0.39 is 0 Å². The molecule has 0 aliphatic heterocycles. The van der Waals surface area contributed by atoms with Crippen molar-refractivity contribution < 1.29 is 4.74 Å². The Kier molecular flexibility index (Phi) is 6.98. The maximum Gasteiger partial charge on any atom is 0.0614 e. The molecule has 2 nitrogen and oxygen atoms in total. The van der Waals surface area contributed by atoms with Gasteiger partial charge in [-0.05, 0) is 13.3 Å². The van der Waals surface area contributed by atoms with Crippen molar-refractivity contribution in [1.82, 2.24) is 0 Å². The Hall–Kier alpha value is -0.0800. The van der Waals surface area contributed by atoms with Gasteiger partial charge in [-0.2, -0.15) is 0 Å². The van der Waals surface area contributed by atoms with Gasteiger partial charge >= 0.3 is 0 Å². The van der Waals surface area contributed by atoms with Gasteiger partial charge in [0, 0.05) is 12.6 Å². The Labute approximate surface area is 63.7 Å². The predicted octanol–water partition coefficient (Wildman–Crippen LogP) is 1.54. The second-order valence-corrected chi connectivity index (χ2v) is 2.76. The topological polar surface area (TPSA) is 35.2 Å². The summed E-state index contributed by atoms with van der Waals surface area (Å²) >= 11 is 0. The van der Waals surface area contributed by atoms with Crippen LogP contribution in [0.2, 0.25) is 0 Å². The minimum absolute atomic E-state index is 0.182. The Morgan fingerprint density at radius 2 is 2.10 bits per heavy atom. The van der Waals surface area contributed by atoms with E-state index in [4.69, 9.17) is 10.5 Å². The smallest absolute Gasteiger partial charge is 0.0614 e. The minimum Gasteiger partial charge on any atom is -0.380 e. The predicted molar refractivity (Wildman–Crippen MR) is 44.0 cm³/mol. The van der Waals surface area contributed by atoms with Crippen LogP contribution in [0.4, 0.5) is 0 Å². The number of rotatable bonds is 6. The highest BCUT2D eigenvalue weighted by atomic mass is 16.5. The zero-order valence-corrected chi connectivity index (χ0v) is 7.10. The fourth-order valence-corrected chi connectivity index (χ4v) is 0.723. The van der Waals surface area contributed by atoms with E-state index in [9.17, 15) is 0 Å². The third kappa shape index (κ3) is 7.92. The van der Waals surface area contributed by atoms with Gasteiger partial charge in [0.15, 0.2) is 0 Å². The molecule has 0 aromatic heterocycles. The second-order valence-electron chi connectivity index (χ2n) is 2.76. The summed E-state index contributed by atoms with van der Waals surface area (Å²) in [6.07, 6.45) is 3.68. The summed E-state index contributed by atoms with van der Waals surface area (Å²) in [5.74, 6) is 0. The standard InChI is InChI=1S/C8H19NO/c1-3-4-5-6-10-7-8(2)9/h8H,3-7,9H2,1-2H3/t8-/m0/s1. The molecular weight excluding hydrogens is 126 g/mol. The Morgan fingerprint density at radius 1 is 1.40 bits per heavy atom. The lowest BCUT2D eigenvalue weighted by atomic mass is 10.3. The van der Waals surface area contributed by atoms with Crippen LogP contribution in [0.1, 0.15) is 33.1 Å². The molecule has 0 aromatic rings. The summed E-state index contributed by atoms with van der Waals surface area (Å²) in [6, 6.07) is 0.182. The Balaban J connectivity index is 2.77. The lowest BCUT2D eigenvalue weighted by Gasteiger charge is -2.05. The number of hydrogen-bond donors (Lipinski definition) is 1. The van der Waals surface area contributed by atoms with Crippen molar-refractivity contribution in [1.29, 1.82) is 0 Å². The average Bonchev–Trinajstić information content (AvgIpc) is 1.87. The normalized spacial score (nSPS) is 13.5. The molecular formula is C8H19NO. The van der Waals surface area contributed by atoms with Gasteiger partial charge < -0.3 is 10.5 Å². The van der Waals surface area contributed by atoms with Gasteiger partial charge in [0.2, 0.25) is 0 Å². The summed E-state index contributed by atoms with van der Waals surface area (Å²) in [7, 11) is 0. The highest BCUT2D eigenvalue weighted by molar-refractivity contribution is 4.48. The monoisotopic (exact) mass is 145 g/mol. The van der Waals surface area contributed by atoms with Gasteiger partial charge in [0.1, 0.15) is 0 Å². The van der Waals surface area contributed by atoms with Gasteiger partial charge in [0.25, 0.3) is 0 Å². The summed E-state index contributed by atoms with van der Waals surface area (Å²) in [5, 5.41) is 0. The quantitative estimate of drug-likeness (QED) is 0.575. The van der Waals surface area contributed by atoms with E-state index in [0.717, 1.165) is 6.61 Å². The van der Waals surface area contributed by atoms with Crippen LogP contribution in [0, 0.1) is 0 Å². The van der Waals surface area contributed by atoms with E-state index >= 15 is 0 Å². The van der Waals surface area contributed by atoms with Crippen LogP contribution in [-0.2, 0) is 4.74 Å². The lowest BCUT2D eigenvalue weighted by Crippen LogP contribution is -2.22. The third-order valence-corrected chi connectivity index (χ3v) is 1.27. The number of unbranched alkanes of at least 4 members (excludes halogenated alkanes) is 2. The van der Waals surface area contributed by atoms with Crippen molar-refractivity contribution >= 4 is 0 Å². The Bertz CT molecular complexity index is 64.3. The van der Waals surface area contributed by atoms with Crippen molar-refractivity contribution in [2.24, 2.45) is 5.73 Å². The van der Waals surface area contributed by atoms with Gasteiger partial charge in [-0.3, -0.25) is 0 Å². The molecule has 62 valence electrons. The SMILES string of the molecule is CCCCCOC[C@H](C)N. The largest absolute Gasteiger partial charge is 0.380 e. The highest BCUT2D eigenvalue weighted by Gasteiger charge is 1.92. The molecule has 2 N–H and O–H groups in total. The van der Waals surface area contributed by atoms with Crippen LogP contribution < -0.4 is 5.73 Å². The number of nitrogens with two attached hydrogens (primary N) is 1. The van der Waals surface area contributed by atoms with E-state index in [-0.39, 0.29) is 6.04 Å². The summed E-state index contributed by atoms with van der Waals surface area (Å²) in [4.78, 5) is 0. The van der Waals surface area contributed by atoms with E-state index in [2.05, 4.69) is 6.92 Å². The molecule has 0 aliphatic rings. The maximum absolute atomic E-state index is 5.48. The van der Waals surface area contributed by atoms with Gasteiger partial charge in [-0.1, -0.05) is 19.8 Å². The van der Waals surface area contributed by atoms with E-state index in [1.165, 1.54) is 19.3 Å². The third-order valence-electron chi connectivity index (χ3n) is 1.27. The van der Waals surface area contributed by atoms with Crippen molar-refractivity contribution in [2.75, 3.05) is 13.2 Å². The molecule has 0 heterocycles. The fourth-order valence-electron chi connectivity index (χ4n) is 0.723. The average molecular weight is 145 g/mol. The second kappa shape index (κ2) is 7.03. The fraction of sp³-hybridized carbons (Fsp3) is 1.00. The number of hydrogen-bond acceptors (Lipinski definition) is 2. The zero-order chi connectivity index (χ0) is 7.82. The molecule has 0 amide bonds. The summed E-state index contributed by atoms with van der Waals surface area (Å²) in [6.45, 7) is 5.71. The van der Waals surface area contributed by atoms with E-state index in [1.54, 1.807) is 0 Å². The van der Waals surface area contributed by atoms with Gasteiger partial charge in [-0.25, -0.2) is 0 Å². The van der Waals surface area contributed by atoms with Crippen molar-refractivity contribution in [3.8, 4) is 0 Å². The van der Waals surface area contributed by atoms with E-state index in [0.29, 0.717) is 6.61 Å². The van der Waals surface area contributed by atoms with Crippen LogP contribution in [0.3, 0.4) is 0 Å². The molecule has 0 saturated heterocycles.